The van der Waals surface area contributed by atoms with Crippen molar-refractivity contribution in [1.29, 1.82) is 0 Å². The van der Waals surface area contributed by atoms with Gasteiger partial charge in [-0.15, -0.1) is 0 Å². The Morgan fingerprint density at radius 3 is 2.29 bits per heavy atom. The van der Waals surface area contributed by atoms with Crippen molar-refractivity contribution in [3.8, 4) is 5.88 Å². The zero-order chi connectivity index (χ0) is 17.3. The van der Waals surface area contributed by atoms with E-state index in [2.05, 4.69) is 9.97 Å². The van der Waals surface area contributed by atoms with E-state index in [0.717, 1.165) is 10.9 Å². The summed E-state index contributed by atoms with van der Waals surface area (Å²) in [6, 6.07) is 14.8. The van der Waals surface area contributed by atoms with Crippen LogP contribution < -0.4 is 4.74 Å². The van der Waals surface area contributed by atoms with Gasteiger partial charge in [0.05, 0.1) is 10.9 Å². The van der Waals surface area contributed by atoms with Gasteiger partial charge in [-0.3, -0.25) is 0 Å². The van der Waals surface area contributed by atoms with E-state index < -0.39 is 3.79 Å². The zero-order valence-corrected chi connectivity index (χ0v) is 15.5. The van der Waals surface area contributed by atoms with Crippen molar-refractivity contribution in [1.82, 2.24) is 9.97 Å². The molecule has 3 nitrogen and oxygen atoms in total. The molecular formula is C17H12Cl4N2O. The van der Waals surface area contributed by atoms with Gasteiger partial charge in [0.25, 0.3) is 0 Å². The Kier molecular flexibility index (Phi) is 5.07. The fraction of sp³-hybridized carbons (Fsp3) is 0.176. The summed E-state index contributed by atoms with van der Waals surface area (Å²) in [7, 11) is 0. The predicted molar refractivity (Wildman–Crippen MR) is 99.3 cm³/mol. The van der Waals surface area contributed by atoms with E-state index in [9.17, 15) is 0 Å². The maximum absolute atomic E-state index is 6.02. The summed E-state index contributed by atoms with van der Waals surface area (Å²) in [5, 5.41) is 1.41. The van der Waals surface area contributed by atoms with Gasteiger partial charge in [-0.25, -0.2) is 4.98 Å². The molecule has 0 fully saturated rings. The van der Waals surface area contributed by atoms with Gasteiger partial charge >= 0.3 is 0 Å². The summed E-state index contributed by atoms with van der Waals surface area (Å²) in [6.45, 7) is 1.91. The molecule has 0 aliphatic carbocycles. The lowest BCUT2D eigenvalue weighted by molar-refractivity contribution is 0.220. The molecule has 3 rings (SSSR count). The van der Waals surface area contributed by atoms with E-state index in [1.165, 1.54) is 0 Å². The largest absolute Gasteiger partial charge is 0.469 e. The van der Waals surface area contributed by atoms with Crippen LogP contribution in [-0.2, 0) is 3.79 Å². The molecule has 7 heteroatoms. The molecule has 3 aromatic rings. The first kappa shape index (κ1) is 17.6. The third-order valence-electron chi connectivity index (χ3n) is 3.45. The number of hydrogen-bond donors (Lipinski definition) is 0. The monoisotopic (exact) mass is 400 g/mol. The Bertz CT molecular complexity index is 863. The van der Waals surface area contributed by atoms with Crippen molar-refractivity contribution < 1.29 is 4.74 Å². The minimum atomic E-state index is -1.73. The van der Waals surface area contributed by atoms with Crippen molar-refractivity contribution in [2.75, 3.05) is 0 Å². The average molecular weight is 402 g/mol. The summed E-state index contributed by atoms with van der Waals surface area (Å²) < 4.78 is 4.29. The van der Waals surface area contributed by atoms with E-state index in [1.54, 1.807) is 0 Å². The molecule has 24 heavy (non-hydrogen) atoms. The lowest BCUT2D eigenvalue weighted by Gasteiger charge is -2.18. The van der Waals surface area contributed by atoms with Crippen LogP contribution in [0.4, 0.5) is 0 Å². The second-order valence-corrected chi connectivity index (χ2v) is 7.90. The predicted octanol–water partition coefficient (Wildman–Crippen LogP) is 6.25. The van der Waals surface area contributed by atoms with Crippen molar-refractivity contribution in [2.24, 2.45) is 0 Å². The Balaban J connectivity index is 2.02. The van der Waals surface area contributed by atoms with E-state index in [0.29, 0.717) is 16.4 Å². The maximum Gasteiger partial charge on any atom is 0.250 e. The number of rotatable bonds is 3. The molecule has 124 valence electrons. The molecule has 0 radical (unpaired) electrons. The van der Waals surface area contributed by atoms with Crippen molar-refractivity contribution in [2.45, 2.75) is 16.8 Å². The van der Waals surface area contributed by atoms with Gasteiger partial charge < -0.3 is 4.74 Å². The zero-order valence-electron chi connectivity index (χ0n) is 12.5. The lowest BCUT2D eigenvalue weighted by atomic mass is 10.1. The van der Waals surface area contributed by atoms with Gasteiger partial charge in [0.1, 0.15) is 6.10 Å². The highest BCUT2D eigenvalue weighted by atomic mass is 35.6. The molecule has 0 aliphatic rings. The number of alkyl halides is 3. The molecule has 0 N–H and O–H groups in total. The SMILES string of the molecule is CC(Oc1nc(C(Cl)(Cl)Cl)nc2ccccc12)c1ccc(Cl)cc1. The first-order valence-electron chi connectivity index (χ1n) is 7.10. The summed E-state index contributed by atoms with van der Waals surface area (Å²) in [5.74, 6) is 0.439. The van der Waals surface area contributed by atoms with Crippen LogP contribution in [0.2, 0.25) is 5.02 Å². The fourth-order valence-corrected chi connectivity index (χ4v) is 2.61. The molecule has 1 aromatic heterocycles. The molecule has 0 amide bonds. The number of hydrogen-bond acceptors (Lipinski definition) is 3. The standard InChI is InChI=1S/C17H12Cl4N2O/c1-10(11-6-8-12(18)9-7-11)24-15-13-4-2-3-5-14(13)22-16(23-15)17(19,20)21/h2-10H,1H3. The van der Waals surface area contributed by atoms with Crippen LogP contribution >= 0.6 is 46.4 Å². The molecular weight excluding hydrogens is 390 g/mol. The van der Waals surface area contributed by atoms with Gasteiger partial charge in [0, 0.05) is 5.02 Å². The third-order valence-corrected chi connectivity index (χ3v) is 4.21. The van der Waals surface area contributed by atoms with Crippen LogP contribution in [-0.4, -0.2) is 9.97 Å². The van der Waals surface area contributed by atoms with Crippen molar-refractivity contribution in [3.05, 3.63) is 64.9 Å². The molecule has 0 aliphatic heterocycles. The van der Waals surface area contributed by atoms with Gasteiger partial charge in [-0.1, -0.05) is 70.7 Å². The molecule has 0 saturated carbocycles. The molecule has 0 spiro atoms. The third kappa shape index (κ3) is 3.86. The van der Waals surface area contributed by atoms with Crippen molar-refractivity contribution >= 4 is 57.3 Å². The number of aromatic nitrogens is 2. The maximum atomic E-state index is 6.02. The molecule has 2 aromatic carbocycles. The second-order valence-electron chi connectivity index (χ2n) is 5.18. The molecule has 1 atom stereocenters. The van der Waals surface area contributed by atoms with Gasteiger partial charge in [-0.2, -0.15) is 4.98 Å². The minimum absolute atomic E-state index is 0.0736. The van der Waals surface area contributed by atoms with E-state index >= 15 is 0 Å². The highest BCUT2D eigenvalue weighted by Crippen LogP contribution is 2.38. The normalized spacial score (nSPS) is 13.0. The van der Waals surface area contributed by atoms with Crippen molar-refractivity contribution in [3.63, 3.8) is 0 Å². The number of halogens is 4. The summed E-state index contributed by atoms with van der Waals surface area (Å²) >= 11 is 23.7. The van der Waals surface area contributed by atoms with Crippen LogP contribution in [0.5, 0.6) is 5.88 Å². The van der Waals surface area contributed by atoms with Gasteiger partial charge in [-0.05, 0) is 36.8 Å². The summed E-state index contributed by atoms with van der Waals surface area (Å²) in [5.41, 5.74) is 1.60. The molecule has 1 heterocycles. The summed E-state index contributed by atoms with van der Waals surface area (Å²) in [6.07, 6.45) is -0.260. The average Bonchev–Trinajstić information content (AvgIpc) is 2.54. The molecule has 0 saturated heterocycles. The van der Waals surface area contributed by atoms with Crippen LogP contribution in [0.3, 0.4) is 0 Å². The Morgan fingerprint density at radius 1 is 0.958 bits per heavy atom. The number of benzene rings is 2. The van der Waals surface area contributed by atoms with Crippen LogP contribution in [0.25, 0.3) is 10.9 Å². The van der Waals surface area contributed by atoms with E-state index in [-0.39, 0.29) is 11.9 Å². The Hall–Kier alpha value is -1.26. The first-order chi connectivity index (χ1) is 11.3. The lowest BCUT2D eigenvalue weighted by Crippen LogP contribution is -2.11. The minimum Gasteiger partial charge on any atom is -0.469 e. The number of para-hydroxylation sites is 1. The number of nitrogens with zero attached hydrogens (tertiary/aromatic N) is 2. The van der Waals surface area contributed by atoms with Crippen LogP contribution in [0, 0.1) is 0 Å². The molecule has 0 bridgehead atoms. The quantitative estimate of drug-likeness (QED) is 0.486. The fourth-order valence-electron chi connectivity index (χ4n) is 2.23. The van der Waals surface area contributed by atoms with E-state index in [1.807, 2.05) is 55.5 Å². The Labute approximate surface area is 159 Å². The highest BCUT2D eigenvalue weighted by molar-refractivity contribution is 6.66. The van der Waals surface area contributed by atoms with Crippen LogP contribution in [0.15, 0.2) is 48.5 Å². The number of ether oxygens (including phenoxy) is 1. The van der Waals surface area contributed by atoms with Gasteiger partial charge in [0.15, 0.2) is 5.82 Å². The smallest absolute Gasteiger partial charge is 0.250 e. The highest BCUT2D eigenvalue weighted by Gasteiger charge is 2.28. The Morgan fingerprint density at radius 2 is 1.62 bits per heavy atom. The topological polar surface area (TPSA) is 35.0 Å². The second kappa shape index (κ2) is 6.93. The van der Waals surface area contributed by atoms with Crippen LogP contribution in [0.1, 0.15) is 24.4 Å². The number of fused-ring (bicyclic) bond motifs is 1. The summed E-state index contributed by atoms with van der Waals surface area (Å²) in [4.78, 5) is 8.59. The van der Waals surface area contributed by atoms with Gasteiger partial charge in [0.2, 0.25) is 9.67 Å². The van der Waals surface area contributed by atoms with E-state index in [4.69, 9.17) is 51.1 Å². The first-order valence-corrected chi connectivity index (χ1v) is 8.62. The molecule has 1 unspecified atom stereocenters.